The molecule has 0 unspecified atom stereocenters. The van der Waals surface area contributed by atoms with E-state index >= 15 is 0 Å². The van der Waals surface area contributed by atoms with Crippen LogP contribution >= 0.6 is 0 Å². The zero-order chi connectivity index (χ0) is 15.1. The van der Waals surface area contributed by atoms with Crippen LogP contribution in [0.5, 0.6) is 0 Å². The average molecular weight is 298 g/mol. The third-order valence-corrected chi connectivity index (χ3v) is 4.95. The summed E-state index contributed by atoms with van der Waals surface area (Å²) < 4.78 is 1.86. The first-order valence-electron chi connectivity index (χ1n) is 8.44. The number of amides is 1. The first-order chi connectivity index (χ1) is 10.8. The van der Waals surface area contributed by atoms with Crippen molar-refractivity contribution in [3.05, 3.63) is 23.8 Å². The van der Waals surface area contributed by atoms with E-state index in [9.17, 15) is 4.79 Å². The van der Waals surface area contributed by atoms with Crippen LogP contribution < -0.4 is 0 Å². The standard InChI is InChI=1S/C17H22N4O/c1-2-20-16-10-7-12(11-15(16)18-19-20)17(22)21(14-8-9-14)13-5-3-4-6-13/h7,10-11,13-14H,2-6,8-9H2,1H3. The number of hydrogen-bond acceptors (Lipinski definition) is 3. The summed E-state index contributed by atoms with van der Waals surface area (Å²) in [4.78, 5) is 15.2. The third kappa shape index (κ3) is 2.28. The zero-order valence-corrected chi connectivity index (χ0v) is 13.0. The number of benzene rings is 1. The van der Waals surface area contributed by atoms with Gasteiger partial charge in [0.05, 0.1) is 5.52 Å². The molecule has 116 valence electrons. The highest BCUT2D eigenvalue weighted by Gasteiger charge is 2.38. The lowest BCUT2D eigenvalue weighted by atomic mass is 10.1. The second kappa shape index (κ2) is 5.38. The van der Waals surface area contributed by atoms with E-state index in [0.29, 0.717) is 12.1 Å². The van der Waals surface area contributed by atoms with Gasteiger partial charge in [-0.25, -0.2) is 4.68 Å². The SMILES string of the molecule is CCn1nnc2cc(C(=O)N(C3CCCC3)C3CC3)ccc21. The van der Waals surface area contributed by atoms with Gasteiger partial charge in [-0.05, 0) is 50.8 Å². The Morgan fingerprint density at radius 1 is 1.23 bits per heavy atom. The summed E-state index contributed by atoms with van der Waals surface area (Å²) in [5, 5.41) is 8.32. The van der Waals surface area contributed by atoms with Crippen LogP contribution in [-0.4, -0.2) is 37.9 Å². The van der Waals surface area contributed by atoms with Crippen LogP contribution in [0.2, 0.25) is 0 Å². The van der Waals surface area contributed by atoms with Crippen molar-refractivity contribution < 1.29 is 4.79 Å². The van der Waals surface area contributed by atoms with Crippen LogP contribution in [0.15, 0.2) is 18.2 Å². The number of rotatable bonds is 4. The molecule has 2 aromatic rings. The molecule has 1 aromatic carbocycles. The van der Waals surface area contributed by atoms with Gasteiger partial charge in [-0.15, -0.1) is 5.10 Å². The Morgan fingerprint density at radius 2 is 1.95 bits per heavy atom. The van der Waals surface area contributed by atoms with Gasteiger partial charge in [-0.3, -0.25) is 4.79 Å². The topological polar surface area (TPSA) is 51.0 Å². The van der Waals surface area contributed by atoms with Crippen LogP contribution in [0.1, 0.15) is 55.8 Å². The van der Waals surface area contributed by atoms with E-state index in [1.807, 2.05) is 29.8 Å². The molecule has 5 nitrogen and oxygen atoms in total. The molecule has 0 bridgehead atoms. The number of nitrogens with zero attached hydrogens (tertiary/aromatic N) is 4. The summed E-state index contributed by atoms with van der Waals surface area (Å²) in [5.74, 6) is 0.183. The van der Waals surface area contributed by atoms with Crippen molar-refractivity contribution in [3.63, 3.8) is 0 Å². The van der Waals surface area contributed by atoms with Crippen molar-refractivity contribution in [3.8, 4) is 0 Å². The lowest BCUT2D eigenvalue weighted by molar-refractivity contribution is 0.0664. The molecule has 2 aliphatic carbocycles. The van der Waals surface area contributed by atoms with E-state index in [0.717, 1.165) is 48.8 Å². The highest BCUT2D eigenvalue weighted by atomic mass is 16.2. The molecule has 0 N–H and O–H groups in total. The molecule has 2 aliphatic rings. The molecule has 0 spiro atoms. The fourth-order valence-electron chi connectivity index (χ4n) is 3.65. The maximum Gasteiger partial charge on any atom is 0.254 e. The van der Waals surface area contributed by atoms with E-state index in [1.54, 1.807) is 0 Å². The summed E-state index contributed by atoms with van der Waals surface area (Å²) in [7, 11) is 0. The molecule has 0 saturated heterocycles. The Hall–Kier alpha value is -1.91. The molecular weight excluding hydrogens is 276 g/mol. The van der Waals surface area contributed by atoms with E-state index in [1.165, 1.54) is 12.8 Å². The van der Waals surface area contributed by atoms with E-state index in [-0.39, 0.29) is 5.91 Å². The molecule has 2 saturated carbocycles. The molecule has 1 amide bonds. The van der Waals surface area contributed by atoms with Crippen molar-refractivity contribution in [1.82, 2.24) is 19.9 Å². The highest BCUT2D eigenvalue weighted by molar-refractivity contribution is 5.97. The predicted molar refractivity (Wildman–Crippen MR) is 84.6 cm³/mol. The predicted octanol–water partition coefficient (Wildman–Crippen LogP) is 3.00. The van der Waals surface area contributed by atoms with Gasteiger partial charge in [0.1, 0.15) is 5.52 Å². The summed E-state index contributed by atoms with van der Waals surface area (Å²) in [5.41, 5.74) is 2.57. The third-order valence-electron chi connectivity index (χ3n) is 4.95. The monoisotopic (exact) mass is 298 g/mol. The molecule has 4 rings (SSSR count). The van der Waals surface area contributed by atoms with E-state index < -0.39 is 0 Å². The first kappa shape index (κ1) is 13.7. The van der Waals surface area contributed by atoms with Crippen LogP contribution in [0.25, 0.3) is 11.0 Å². The Morgan fingerprint density at radius 3 is 2.64 bits per heavy atom. The lowest BCUT2D eigenvalue weighted by Gasteiger charge is -2.29. The van der Waals surface area contributed by atoms with E-state index in [4.69, 9.17) is 0 Å². The van der Waals surface area contributed by atoms with Gasteiger partial charge in [0.2, 0.25) is 0 Å². The van der Waals surface area contributed by atoms with Crippen LogP contribution in [0, 0.1) is 0 Å². The maximum absolute atomic E-state index is 13.0. The zero-order valence-electron chi connectivity index (χ0n) is 13.0. The largest absolute Gasteiger partial charge is 0.333 e. The molecule has 0 radical (unpaired) electrons. The van der Waals surface area contributed by atoms with Crippen molar-refractivity contribution in [2.24, 2.45) is 0 Å². The van der Waals surface area contributed by atoms with E-state index in [2.05, 4.69) is 15.2 Å². The van der Waals surface area contributed by atoms with Gasteiger partial charge >= 0.3 is 0 Å². The van der Waals surface area contributed by atoms with Crippen molar-refractivity contribution >= 4 is 16.9 Å². The molecule has 5 heteroatoms. The van der Waals surface area contributed by atoms with Crippen LogP contribution in [-0.2, 0) is 6.54 Å². The second-order valence-corrected chi connectivity index (χ2v) is 6.49. The van der Waals surface area contributed by atoms with Crippen molar-refractivity contribution in [1.29, 1.82) is 0 Å². The molecule has 2 fully saturated rings. The highest BCUT2D eigenvalue weighted by Crippen LogP contribution is 2.35. The Bertz CT molecular complexity index is 698. The Labute approximate surface area is 130 Å². The molecule has 0 atom stereocenters. The fourth-order valence-corrected chi connectivity index (χ4v) is 3.65. The molecule has 1 heterocycles. The number of hydrogen-bond donors (Lipinski definition) is 0. The van der Waals surface area contributed by atoms with Gasteiger partial charge < -0.3 is 4.90 Å². The number of carbonyl (C=O) groups is 1. The number of aromatic nitrogens is 3. The van der Waals surface area contributed by atoms with Crippen molar-refractivity contribution in [2.45, 2.75) is 64.1 Å². The van der Waals surface area contributed by atoms with Gasteiger partial charge in [0.25, 0.3) is 5.91 Å². The Kier molecular flexibility index (Phi) is 3.36. The molecular formula is C17H22N4O. The van der Waals surface area contributed by atoms with Gasteiger partial charge in [0, 0.05) is 24.2 Å². The summed E-state index contributed by atoms with van der Waals surface area (Å²) in [6, 6.07) is 6.73. The maximum atomic E-state index is 13.0. The molecule has 22 heavy (non-hydrogen) atoms. The number of aryl methyl sites for hydroxylation is 1. The summed E-state index contributed by atoms with van der Waals surface area (Å²) in [6.45, 7) is 2.84. The lowest BCUT2D eigenvalue weighted by Crippen LogP contribution is -2.40. The number of carbonyl (C=O) groups excluding carboxylic acids is 1. The average Bonchev–Trinajstić information content (AvgIpc) is 3.07. The number of fused-ring (bicyclic) bond motifs is 1. The quantitative estimate of drug-likeness (QED) is 0.872. The first-order valence-corrected chi connectivity index (χ1v) is 8.44. The fraction of sp³-hybridized carbons (Fsp3) is 0.588. The van der Waals surface area contributed by atoms with Crippen LogP contribution in [0.4, 0.5) is 0 Å². The minimum atomic E-state index is 0.183. The molecule has 0 aliphatic heterocycles. The Balaban J connectivity index is 1.65. The minimum absolute atomic E-state index is 0.183. The smallest absolute Gasteiger partial charge is 0.254 e. The summed E-state index contributed by atoms with van der Waals surface area (Å²) >= 11 is 0. The van der Waals surface area contributed by atoms with Gasteiger partial charge in [-0.2, -0.15) is 0 Å². The normalized spacial score (nSPS) is 19.0. The van der Waals surface area contributed by atoms with Gasteiger partial charge in [0.15, 0.2) is 0 Å². The van der Waals surface area contributed by atoms with Crippen molar-refractivity contribution in [2.75, 3.05) is 0 Å². The minimum Gasteiger partial charge on any atom is -0.333 e. The summed E-state index contributed by atoms with van der Waals surface area (Å²) in [6.07, 6.45) is 7.16. The van der Waals surface area contributed by atoms with Gasteiger partial charge in [-0.1, -0.05) is 18.1 Å². The second-order valence-electron chi connectivity index (χ2n) is 6.49. The molecule has 1 aromatic heterocycles. The van der Waals surface area contributed by atoms with Crippen LogP contribution in [0.3, 0.4) is 0 Å².